The number of piperidine rings is 1. The number of aromatic nitrogens is 2. The summed E-state index contributed by atoms with van der Waals surface area (Å²) in [5.41, 5.74) is 1.06. The summed E-state index contributed by atoms with van der Waals surface area (Å²) in [5, 5.41) is 7.45. The smallest absolute Gasteiger partial charge is 0.229 e. The Morgan fingerprint density at radius 2 is 2.26 bits per heavy atom. The highest BCUT2D eigenvalue weighted by Gasteiger charge is 2.24. The molecule has 23 heavy (non-hydrogen) atoms. The van der Waals surface area contributed by atoms with E-state index in [1.807, 2.05) is 24.3 Å². The molecular weight excluding hydrogens is 294 g/mol. The van der Waals surface area contributed by atoms with Crippen LogP contribution in [-0.2, 0) is 18.0 Å². The maximum Gasteiger partial charge on any atom is 0.229 e. The van der Waals surface area contributed by atoms with Crippen molar-refractivity contribution in [1.82, 2.24) is 15.5 Å². The molecule has 0 unspecified atom stereocenters. The maximum atomic E-state index is 5.67. The number of hydrogen-bond acceptors (Lipinski definition) is 6. The number of ether oxygens (including phenoxy) is 2. The normalized spacial score (nSPS) is 21.3. The molecule has 124 valence electrons. The van der Waals surface area contributed by atoms with Crippen LogP contribution in [0.25, 0.3) is 0 Å². The first kappa shape index (κ1) is 16.0. The van der Waals surface area contributed by atoms with Crippen molar-refractivity contribution in [2.75, 3.05) is 13.7 Å². The average Bonchev–Trinajstić information content (AvgIpc) is 3.04. The minimum absolute atomic E-state index is 0.348. The molecule has 0 aliphatic carbocycles. The molecule has 1 fully saturated rings. The van der Waals surface area contributed by atoms with E-state index in [9.17, 15) is 0 Å². The van der Waals surface area contributed by atoms with E-state index in [1.54, 1.807) is 7.11 Å². The van der Waals surface area contributed by atoms with Gasteiger partial charge in [-0.25, -0.2) is 0 Å². The van der Waals surface area contributed by atoms with E-state index in [0.29, 0.717) is 31.0 Å². The molecule has 6 nitrogen and oxygen atoms in total. The van der Waals surface area contributed by atoms with Crippen LogP contribution in [0.3, 0.4) is 0 Å². The van der Waals surface area contributed by atoms with Gasteiger partial charge in [-0.15, -0.1) is 0 Å². The predicted octanol–water partition coefficient (Wildman–Crippen LogP) is 2.65. The van der Waals surface area contributed by atoms with Crippen molar-refractivity contribution in [2.45, 2.75) is 44.9 Å². The van der Waals surface area contributed by atoms with Gasteiger partial charge < -0.3 is 19.3 Å². The van der Waals surface area contributed by atoms with Crippen LogP contribution in [0.2, 0.25) is 0 Å². The second-order valence-electron chi connectivity index (χ2n) is 5.97. The fourth-order valence-corrected chi connectivity index (χ4v) is 2.87. The lowest BCUT2D eigenvalue weighted by Crippen LogP contribution is -2.34. The van der Waals surface area contributed by atoms with Gasteiger partial charge in [-0.2, -0.15) is 4.98 Å². The van der Waals surface area contributed by atoms with Gasteiger partial charge in [-0.05, 0) is 44.0 Å². The molecule has 1 saturated heterocycles. The van der Waals surface area contributed by atoms with Gasteiger partial charge in [-0.3, -0.25) is 0 Å². The molecular formula is C17H23N3O3. The Hall–Kier alpha value is -1.92. The van der Waals surface area contributed by atoms with Crippen LogP contribution < -0.4 is 10.1 Å². The highest BCUT2D eigenvalue weighted by Crippen LogP contribution is 2.26. The van der Waals surface area contributed by atoms with Crippen LogP contribution in [0, 0.1) is 0 Å². The van der Waals surface area contributed by atoms with Crippen molar-refractivity contribution >= 4 is 0 Å². The highest BCUT2D eigenvalue weighted by molar-refractivity contribution is 5.27. The lowest BCUT2D eigenvalue weighted by atomic mass is 9.93. The van der Waals surface area contributed by atoms with Crippen LogP contribution in [0.15, 0.2) is 28.8 Å². The number of benzene rings is 1. The van der Waals surface area contributed by atoms with Gasteiger partial charge in [0.25, 0.3) is 0 Å². The predicted molar refractivity (Wildman–Crippen MR) is 85.2 cm³/mol. The zero-order chi connectivity index (χ0) is 16.1. The highest BCUT2D eigenvalue weighted by atomic mass is 16.5. The lowest BCUT2D eigenvalue weighted by Gasteiger charge is -2.25. The molecule has 1 aromatic heterocycles. The second-order valence-corrected chi connectivity index (χ2v) is 5.97. The molecule has 3 rings (SSSR count). The van der Waals surface area contributed by atoms with Crippen LogP contribution in [-0.4, -0.2) is 29.8 Å². The van der Waals surface area contributed by atoms with E-state index < -0.39 is 0 Å². The molecule has 0 bridgehead atoms. The van der Waals surface area contributed by atoms with Gasteiger partial charge in [-0.1, -0.05) is 17.3 Å². The van der Waals surface area contributed by atoms with Gasteiger partial charge in [0.2, 0.25) is 5.89 Å². The van der Waals surface area contributed by atoms with Crippen molar-refractivity contribution in [3.05, 3.63) is 41.5 Å². The van der Waals surface area contributed by atoms with Crippen molar-refractivity contribution in [1.29, 1.82) is 0 Å². The summed E-state index contributed by atoms with van der Waals surface area (Å²) in [6.45, 7) is 4.02. The fourth-order valence-electron chi connectivity index (χ4n) is 2.87. The Labute approximate surface area is 136 Å². The molecule has 0 amide bonds. The summed E-state index contributed by atoms with van der Waals surface area (Å²) in [6.07, 6.45) is 2.07. The van der Waals surface area contributed by atoms with Crippen molar-refractivity contribution in [2.24, 2.45) is 0 Å². The monoisotopic (exact) mass is 317 g/mol. The Kier molecular flexibility index (Phi) is 5.25. The number of hydrogen-bond donors (Lipinski definition) is 1. The van der Waals surface area contributed by atoms with Crippen LogP contribution in [0.4, 0.5) is 0 Å². The molecule has 2 aromatic rings. The quantitative estimate of drug-likeness (QED) is 0.883. The topological polar surface area (TPSA) is 69.4 Å². The summed E-state index contributed by atoms with van der Waals surface area (Å²) in [6, 6.07) is 8.31. The third-order valence-electron chi connectivity index (χ3n) is 4.09. The summed E-state index contributed by atoms with van der Waals surface area (Å²) in [5.74, 6) is 2.52. The molecule has 0 saturated carbocycles. The van der Waals surface area contributed by atoms with Crippen molar-refractivity contribution in [3.63, 3.8) is 0 Å². The summed E-state index contributed by atoms with van der Waals surface area (Å²) < 4.78 is 16.3. The Morgan fingerprint density at radius 3 is 3.09 bits per heavy atom. The number of nitrogens with one attached hydrogen (secondary N) is 1. The number of nitrogens with zero attached hydrogens (tertiary/aromatic N) is 2. The third kappa shape index (κ3) is 4.30. The standard InChI is InChI=1S/C17H23N3O3/c1-12-8-14(6-7-18-12)17-19-16(20-23-17)11-22-10-13-4-3-5-15(9-13)21-2/h3-5,9,12,14,18H,6-8,10-11H2,1-2H3/t12-,14-/m0/s1. The molecule has 6 heteroatoms. The molecule has 2 heterocycles. The minimum atomic E-state index is 0.348. The van der Waals surface area contributed by atoms with E-state index in [4.69, 9.17) is 14.0 Å². The Morgan fingerprint density at radius 1 is 1.35 bits per heavy atom. The Balaban J connectivity index is 1.51. The van der Waals surface area contributed by atoms with Crippen molar-refractivity contribution < 1.29 is 14.0 Å². The first-order chi connectivity index (χ1) is 11.2. The van der Waals surface area contributed by atoms with Crippen LogP contribution >= 0.6 is 0 Å². The van der Waals surface area contributed by atoms with Crippen LogP contribution in [0.5, 0.6) is 5.75 Å². The SMILES string of the molecule is COc1cccc(COCc2noc([C@H]3CCN[C@@H](C)C3)n2)c1. The molecule has 1 N–H and O–H groups in total. The summed E-state index contributed by atoms with van der Waals surface area (Å²) in [4.78, 5) is 4.48. The summed E-state index contributed by atoms with van der Waals surface area (Å²) in [7, 11) is 1.66. The molecule has 0 spiro atoms. The average molecular weight is 317 g/mol. The molecule has 1 aliphatic heterocycles. The molecule has 1 aliphatic rings. The van der Waals surface area contributed by atoms with E-state index in [2.05, 4.69) is 22.4 Å². The maximum absolute atomic E-state index is 5.67. The number of rotatable bonds is 6. The first-order valence-electron chi connectivity index (χ1n) is 8.01. The van der Waals surface area contributed by atoms with Gasteiger partial charge >= 0.3 is 0 Å². The number of methoxy groups -OCH3 is 1. The lowest BCUT2D eigenvalue weighted by molar-refractivity contribution is 0.0998. The van der Waals surface area contributed by atoms with E-state index >= 15 is 0 Å². The van der Waals surface area contributed by atoms with Gasteiger partial charge in [0.05, 0.1) is 13.7 Å². The van der Waals surface area contributed by atoms with E-state index in [0.717, 1.165) is 36.6 Å². The van der Waals surface area contributed by atoms with Crippen LogP contribution in [0.1, 0.15) is 43.0 Å². The first-order valence-corrected chi connectivity index (χ1v) is 8.01. The van der Waals surface area contributed by atoms with E-state index in [1.165, 1.54) is 0 Å². The zero-order valence-corrected chi connectivity index (χ0v) is 13.6. The molecule has 2 atom stereocenters. The largest absolute Gasteiger partial charge is 0.497 e. The van der Waals surface area contributed by atoms with Gasteiger partial charge in [0.15, 0.2) is 5.82 Å². The molecule has 0 radical (unpaired) electrons. The van der Waals surface area contributed by atoms with E-state index in [-0.39, 0.29) is 0 Å². The van der Waals surface area contributed by atoms with Gasteiger partial charge in [0.1, 0.15) is 12.4 Å². The molecule has 1 aromatic carbocycles. The van der Waals surface area contributed by atoms with Gasteiger partial charge in [0, 0.05) is 12.0 Å². The Bertz CT molecular complexity index is 629. The second kappa shape index (κ2) is 7.57. The zero-order valence-electron chi connectivity index (χ0n) is 13.6. The fraction of sp³-hybridized carbons (Fsp3) is 0.529. The minimum Gasteiger partial charge on any atom is -0.497 e. The summed E-state index contributed by atoms with van der Waals surface area (Å²) >= 11 is 0. The van der Waals surface area contributed by atoms with Crippen molar-refractivity contribution in [3.8, 4) is 5.75 Å². The third-order valence-corrected chi connectivity index (χ3v) is 4.09.